The van der Waals surface area contributed by atoms with Gasteiger partial charge in [0.25, 0.3) is 0 Å². The molecule has 3 fully saturated rings. The molecule has 4 nitrogen and oxygen atoms in total. The summed E-state index contributed by atoms with van der Waals surface area (Å²) in [5.74, 6) is 0.817. The molecule has 180 valence electrons. The van der Waals surface area contributed by atoms with E-state index in [0.29, 0.717) is 18.1 Å². The molecule has 3 aliphatic rings. The number of aryl methyl sites for hydroxylation is 1. The molecule has 3 atom stereocenters. The smallest absolute Gasteiger partial charge is 0.141 e. The molecular formula is C28H34ClFN4. The van der Waals surface area contributed by atoms with Crippen LogP contribution in [0.1, 0.15) is 62.4 Å². The summed E-state index contributed by atoms with van der Waals surface area (Å²) in [5.41, 5.74) is 3.68. The highest BCUT2D eigenvalue weighted by molar-refractivity contribution is 6.30. The van der Waals surface area contributed by atoms with Crippen molar-refractivity contribution in [3.63, 3.8) is 0 Å². The second kappa shape index (κ2) is 8.92. The largest absolute Gasteiger partial charge is 0.325 e. The number of imidazole rings is 1. The quantitative estimate of drug-likeness (QED) is 0.485. The number of fused-ring (bicyclic) bond motifs is 3. The topological polar surface area (TPSA) is 33.1 Å². The molecule has 2 unspecified atom stereocenters. The third kappa shape index (κ3) is 3.86. The van der Waals surface area contributed by atoms with Crippen LogP contribution in [0.25, 0.3) is 11.0 Å². The van der Waals surface area contributed by atoms with Gasteiger partial charge < -0.3 is 9.88 Å². The Labute approximate surface area is 206 Å². The highest BCUT2D eigenvalue weighted by Gasteiger charge is 2.43. The Bertz CT molecular complexity index is 1170. The van der Waals surface area contributed by atoms with Crippen LogP contribution in [-0.4, -0.2) is 46.2 Å². The molecule has 2 aromatic carbocycles. The van der Waals surface area contributed by atoms with Gasteiger partial charge in [0.15, 0.2) is 0 Å². The second-order valence-electron chi connectivity index (χ2n) is 10.7. The Morgan fingerprint density at radius 1 is 1.06 bits per heavy atom. The first-order valence-electron chi connectivity index (χ1n) is 12.9. The van der Waals surface area contributed by atoms with E-state index in [2.05, 4.69) is 46.0 Å². The molecule has 3 aliphatic heterocycles. The van der Waals surface area contributed by atoms with E-state index in [1.807, 2.05) is 12.1 Å². The Morgan fingerprint density at radius 2 is 1.79 bits per heavy atom. The fourth-order valence-corrected chi connectivity index (χ4v) is 7.39. The lowest BCUT2D eigenvalue weighted by Gasteiger charge is -2.44. The highest BCUT2D eigenvalue weighted by Crippen LogP contribution is 2.44. The van der Waals surface area contributed by atoms with Crippen molar-refractivity contribution in [2.45, 2.75) is 75.4 Å². The van der Waals surface area contributed by atoms with Gasteiger partial charge in [0.05, 0.1) is 16.1 Å². The minimum Gasteiger partial charge on any atom is -0.325 e. The van der Waals surface area contributed by atoms with Crippen molar-refractivity contribution in [1.29, 1.82) is 0 Å². The summed E-state index contributed by atoms with van der Waals surface area (Å²) in [6.07, 6.45) is 8.28. The maximum atomic E-state index is 13.9. The summed E-state index contributed by atoms with van der Waals surface area (Å²) < 4.78 is 16.4. The first kappa shape index (κ1) is 22.5. The molecule has 1 N–H and O–H groups in total. The fraction of sp³-hybridized carbons (Fsp3) is 0.536. The van der Waals surface area contributed by atoms with Crippen LogP contribution in [0, 0.1) is 12.7 Å². The number of nitrogens with one attached hydrogen (secondary N) is 1. The molecule has 1 aromatic heterocycles. The molecule has 2 bridgehead atoms. The molecule has 0 radical (unpaired) electrons. The van der Waals surface area contributed by atoms with Crippen LogP contribution in [0.5, 0.6) is 0 Å². The molecular weight excluding hydrogens is 447 g/mol. The normalized spacial score (nSPS) is 26.9. The van der Waals surface area contributed by atoms with E-state index >= 15 is 0 Å². The Hall–Kier alpha value is -1.95. The van der Waals surface area contributed by atoms with Crippen molar-refractivity contribution in [3.8, 4) is 0 Å². The molecule has 0 saturated carbocycles. The molecule has 0 spiro atoms. The van der Waals surface area contributed by atoms with Crippen molar-refractivity contribution in [2.75, 3.05) is 19.6 Å². The Balaban J connectivity index is 1.21. The van der Waals surface area contributed by atoms with Crippen LogP contribution in [0.3, 0.4) is 0 Å². The Morgan fingerprint density at radius 3 is 2.53 bits per heavy atom. The van der Waals surface area contributed by atoms with Gasteiger partial charge in [0.2, 0.25) is 0 Å². The summed E-state index contributed by atoms with van der Waals surface area (Å²) >= 11 is 6.21. The first-order valence-corrected chi connectivity index (χ1v) is 13.3. The average Bonchev–Trinajstić information content (AvgIpc) is 3.31. The fourth-order valence-electron chi connectivity index (χ4n) is 7.20. The van der Waals surface area contributed by atoms with Gasteiger partial charge in [-0.25, -0.2) is 9.37 Å². The van der Waals surface area contributed by atoms with Gasteiger partial charge in [-0.15, -0.1) is 0 Å². The molecule has 34 heavy (non-hydrogen) atoms. The van der Waals surface area contributed by atoms with Crippen LogP contribution in [0.15, 0.2) is 42.5 Å². The number of benzene rings is 2. The second-order valence-corrected chi connectivity index (χ2v) is 11.1. The van der Waals surface area contributed by atoms with Gasteiger partial charge >= 0.3 is 0 Å². The zero-order valence-corrected chi connectivity index (χ0v) is 20.7. The van der Waals surface area contributed by atoms with Gasteiger partial charge in [0, 0.05) is 18.1 Å². The SMILES string of the molecule is Cc1nc2ccccc2n1C1CC2CC[C@H](C1)N2CCC1(c2ccc(F)c(Cl)c2)CCNCC1. The number of para-hydroxylation sites is 2. The summed E-state index contributed by atoms with van der Waals surface area (Å²) in [6, 6.07) is 15.8. The van der Waals surface area contributed by atoms with E-state index in [1.165, 1.54) is 36.8 Å². The van der Waals surface area contributed by atoms with E-state index < -0.39 is 0 Å². The summed E-state index contributed by atoms with van der Waals surface area (Å²) in [7, 11) is 0. The lowest BCUT2D eigenvalue weighted by Crippen LogP contribution is -2.47. The van der Waals surface area contributed by atoms with Gasteiger partial charge in [-0.1, -0.05) is 29.8 Å². The molecule has 6 rings (SSSR count). The third-order valence-corrected chi connectivity index (χ3v) is 9.23. The highest BCUT2D eigenvalue weighted by atomic mass is 35.5. The number of rotatable bonds is 5. The first-order chi connectivity index (χ1) is 16.5. The molecule has 6 heteroatoms. The van der Waals surface area contributed by atoms with Crippen molar-refractivity contribution in [2.24, 2.45) is 0 Å². The average molecular weight is 481 g/mol. The lowest BCUT2D eigenvalue weighted by molar-refractivity contribution is 0.0929. The third-order valence-electron chi connectivity index (χ3n) is 8.94. The maximum absolute atomic E-state index is 13.9. The van der Waals surface area contributed by atoms with E-state index in [0.717, 1.165) is 50.2 Å². The van der Waals surface area contributed by atoms with Crippen molar-refractivity contribution < 1.29 is 4.39 Å². The molecule has 0 amide bonds. The number of aromatic nitrogens is 2. The van der Waals surface area contributed by atoms with Crippen LogP contribution < -0.4 is 5.32 Å². The van der Waals surface area contributed by atoms with Crippen molar-refractivity contribution >= 4 is 22.6 Å². The van der Waals surface area contributed by atoms with Crippen LogP contribution >= 0.6 is 11.6 Å². The number of halogens is 2. The van der Waals surface area contributed by atoms with E-state index in [4.69, 9.17) is 16.6 Å². The number of piperidine rings is 2. The Kier molecular flexibility index (Phi) is 5.91. The van der Waals surface area contributed by atoms with E-state index in [9.17, 15) is 4.39 Å². The molecule has 3 aromatic rings. The zero-order valence-electron chi connectivity index (χ0n) is 19.9. The zero-order chi connectivity index (χ0) is 23.3. The molecule has 4 heterocycles. The number of nitrogens with zero attached hydrogens (tertiary/aromatic N) is 3. The minimum atomic E-state index is -0.322. The van der Waals surface area contributed by atoms with Gasteiger partial charge in [0.1, 0.15) is 11.6 Å². The van der Waals surface area contributed by atoms with Crippen LogP contribution in [-0.2, 0) is 5.41 Å². The predicted octanol–water partition coefficient (Wildman–Crippen LogP) is 6.02. The maximum Gasteiger partial charge on any atom is 0.141 e. The minimum absolute atomic E-state index is 0.0794. The standard InChI is InChI=1S/C28H34ClFN4/c1-19-32-26-4-2-3-5-27(26)34(19)23-17-21-7-8-22(18-23)33(21)15-12-28(10-13-31-14-11-28)20-6-9-25(30)24(29)16-20/h2-6,9,16,21-23,31H,7-8,10-15,17-18H2,1H3/t21-,22?,23?/m1/s1. The van der Waals surface area contributed by atoms with Gasteiger partial charge in [-0.2, -0.15) is 0 Å². The lowest BCUT2D eigenvalue weighted by atomic mass is 9.70. The predicted molar refractivity (Wildman–Crippen MR) is 136 cm³/mol. The number of hydrogen-bond acceptors (Lipinski definition) is 3. The van der Waals surface area contributed by atoms with Gasteiger partial charge in [-0.3, -0.25) is 4.90 Å². The monoisotopic (exact) mass is 480 g/mol. The van der Waals surface area contributed by atoms with Crippen molar-refractivity contribution in [3.05, 3.63) is 64.7 Å². The van der Waals surface area contributed by atoms with E-state index in [1.54, 1.807) is 6.07 Å². The van der Waals surface area contributed by atoms with E-state index in [-0.39, 0.29) is 16.3 Å². The molecule has 3 saturated heterocycles. The van der Waals surface area contributed by atoms with Crippen LogP contribution in [0.2, 0.25) is 5.02 Å². The number of hydrogen-bond donors (Lipinski definition) is 1. The summed E-state index contributed by atoms with van der Waals surface area (Å²) in [5, 5.41) is 3.76. The summed E-state index contributed by atoms with van der Waals surface area (Å²) in [6.45, 7) is 5.29. The molecule has 0 aliphatic carbocycles. The van der Waals surface area contributed by atoms with Gasteiger partial charge in [-0.05, 0) is 107 Å². The van der Waals surface area contributed by atoms with Crippen molar-refractivity contribution in [1.82, 2.24) is 19.8 Å². The summed E-state index contributed by atoms with van der Waals surface area (Å²) in [4.78, 5) is 7.64. The van der Waals surface area contributed by atoms with Crippen LogP contribution in [0.4, 0.5) is 4.39 Å².